The molecule has 0 amide bonds. The van der Waals surface area contributed by atoms with Gasteiger partial charge in [-0.1, -0.05) is 15.9 Å². The second-order valence-electron chi connectivity index (χ2n) is 3.72. The summed E-state index contributed by atoms with van der Waals surface area (Å²) in [5, 5.41) is 13.6. The highest BCUT2D eigenvalue weighted by Gasteiger charge is 2.08. The molecule has 1 aromatic rings. The van der Waals surface area contributed by atoms with Crippen molar-refractivity contribution in [1.29, 1.82) is 0 Å². The Morgan fingerprint density at radius 3 is 2.79 bits per heavy atom. The number of benzene rings is 1. The molecule has 0 atom stereocenters. The van der Waals surface area contributed by atoms with Gasteiger partial charge in [0.05, 0.1) is 11.5 Å². The Bertz CT molecular complexity index is 432. The van der Waals surface area contributed by atoms with E-state index in [4.69, 9.17) is 0 Å². The predicted octanol–water partition coefficient (Wildman–Crippen LogP) is 2.73. The minimum Gasteiger partial charge on any atom is -0.374 e. The lowest BCUT2D eigenvalue weighted by atomic mass is 10.2. The number of nitro benzene ring substituents is 1. The van der Waals surface area contributed by atoms with Crippen LogP contribution in [-0.2, 0) is 11.3 Å². The first-order valence-electron chi connectivity index (χ1n) is 5.49. The van der Waals surface area contributed by atoms with Gasteiger partial charge in [-0.15, -0.1) is 0 Å². The lowest BCUT2D eigenvalue weighted by Gasteiger charge is -2.06. The quantitative estimate of drug-likeness (QED) is 0.449. The third-order valence-corrected chi connectivity index (χ3v) is 2.61. The Kier molecular flexibility index (Phi) is 6.82. The summed E-state index contributed by atoms with van der Waals surface area (Å²) in [6.45, 7) is 0.385. The minimum atomic E-state index is -2.47. The van der Waals surface area contributed by atoms with Crippen LogP contribution in [0, 0.1) is 10.1 Å². The highest BCUT2D eigenvalue weighted by Crippen LogP contribution is 2.21. The zero-order chi connectivity index (χ0) is 14.3. The van der Waals surface area contributed by atoms with Crippen LogP contribution in [0.3, 0.4) is 0 Å². The summed E-state index contributed by atoms with van der Waals surface area (Å²) in [7, 11) is 0. The third kappa shape index (κ3) is 6.55. The number of ether oxygens (including phenoxy) is 1. The predicted molar refractivity (Wildman–Crippen MR) is 69.3 cm³/mol. The zero-order valence-electron chi connectivity index (χ0n) is 9.94. The maximum absolute atomic E-state index is 11.8. The number of nitrogens with zero attached hydrogens (tertiary/aromatic N) is 1. The Labute approximate surface area is 117 Å². The van der Waals surface area contributed by atoms with Gasteiger partial charge in [-0.3, -0.25) is 10.1 Å². The second kappa shape index (κ2) is 8.13. The van der Waals surface area contributed by atoms with Gasteiger partial charge < -0.3 is 10.1 Å². The van der Waals surface area contributed by atoms with E-state index in [9.17, 15) is 18.9 Å². The van der Waals surface area contributed by atoms with E-state index in [1.165, 1.54) is 12.1 Å². The van der Waals surface area contributed by atoms with Gasteiger partial charge in [0.15, 0.2) is 0 Å². The summed E-state index contributed by atoms with van der Waals surface area (Å²) in [6.07, 6.45) is -2.47. The molecule has 0 saturated carbocycles. The Morgan fingerprint density at radius 1 is 1.42 bits per heavy atom. The van der Waals surface area contributed by atoms with Crippen molar-refractivity contribution in [3.05, 3.63) is 38.3 Å². The van der Waals surface area contributed by atoms with E-state index in [0.29, 0.717) is 17.6 Å². The third-order valence-electron chi connectivity index (χ3n) is 2.15. The molecule has 0 aliphatic rings. The van der Waals surface area contributed by atoms with Crippen LogP contribution in [0.4, 0.5) is 14.5 Å². The van der Waals surface area contributed by atoms with E-state index < -0.39 is 18.0 Å². The Balaban J connectivity index is 2.35. The zero-order valence-corrected chi connectivity index (χ0v) is 11.5. The fourth-order valence-corrected chi connectivity index (χ4v) is 1.92. The fraction of sp³-hybridized carbons (Fsp3) is 0.455. The number of rotatable bonds is 8. The van der Waals surface area contributed by atoms with E-state index in [-0.39, 0.29) is 12.3 Å². The number of hydrogen-bond donors (Lipinski definition) is 1. The van der Waals surface area contributed by atoms with Crippen LogP contribution in [-0.4, -0.2) is 31.1 Å². The molecule has 0 aromatic heterocycles. The molecule has 0 spiro atoms. The maximum Gasteiger partial charge on any atom is 0.270 e. The normalized spacial score (nSPS) is 10.9. The maximum atomic E-state index is 11.8. The van der Waals surface area contributed by atoms with E-state index >= 15 is 0 Å². The van der Waals surface area contributed by atoms with Gasteiger partial charge in [0.1, 0.15) is 6.61 Å². The number of nitrogens with one attached hydrogen (secondary N) is 1. The number of halogens is 3. The molecular formula is C11H13BrF2N2O3. The van der Waals surface area contributed by atoms with E-state index in [0.717, 1.165) is 5.56 Å². The van der Waals surface area contributed by atoms with Crippen LogP contribution < -0.4 is 5.32 Å². The van der Waals surface area contributed by atoms with Crippen molar-refractivity contribution >= 4 is 21.6 Å². The molecule has 0 heterocycles. The Morgan fingerprint density at radius 2 is 2.16 bits per heavy atom. The van der Waals surface area contributed by atoms with Crippen molar-refractivity contribution in [3.8, 4) is 0 Å². The van der Waals surface area contributed by atoms with Crippen LogP contribution in [0.1, 0.15) is 5.56 Å². The molecule has 0 aliphatic carbocycles. The average molecular weight is 339 g/mol. The van der Waals surface area contributed by atoms with Gasteiger partial charge in [-0.2, -0.15) is 0 Å². The molecule has 0 radical (unpaired) electrons. The standard InChI is InChI=1S/C11H13BrF2N2O3/c12-9-3-8(4-10(5-9)16(17)18)6-15-1-2-19-7-11(13)14/h3-5,11,15H,1-2,6-7H2. The van der Waals surface area contributed by atoms with Gasteiger partial charge >= 0.3 is 0 Å². The van der Waals surface area contributed by atoms with Crippen LogP contribution in [0.2, 0.25) is 0 Å². The molecule has 1 rings (SSSR count). The smallest absolute Gasteiger partial charge is 0.270 e. The minimum absolute atomic E-state index is 0.000116. The van der Waals surface area contributed by atoms with Crippen molar-refractivity contribution in [1.82, 2.24) is 5.32 Å². The highest BCUT2D eigenvalue weighted by atomic mass is 79.9. The van der Waals surface area contributed by atoms with Crippen molar-refractivity contribution in [2.75, 3.05) is 19.8 Å². The molecule has 0 bridgehead atoms. The SMILES string of the molecule is O=[N+]([O-])c1cc(Br)cc(CNCCOCC(F)F)c1. The van der Waals surface area contributed by atoms with Gasteiger partial charge in [-0.05, 0) is 11.6 Å². The first-order valence-corrected chi connectivity index (χ1v) is 6.29. The van der Waals surface area contributed by atoms with Crippen molar-refractivity contribution < 1.29 is 18.4 Å². The molecule has 1 aromatic carbocycles. The molecule has 19 heavy (non-hydrogen) atoms. The number of non-ortho nitro benzene ring substituents is 1. The summed E-state index contributed by atoms with van der Waals surface area (Å²) in [4.78, 5) is 10.2. The molecule has 5 nitrogen and oxygen atoms in total. The van der Waals surface area contributed by atoms with E-state index in [2.05, 4.69) is 26.0 Å². The largest absolute Gasteiger partial charge is 0.374 e. The highest BCUT2D eigenvalue weighted by molar-refractivity contribution is 9.10. The summed E-state index contributed by atoms with van der Waals surface area (Å²) >= 11 is 3.19. The van der Waals surface area contributed by atoms with Gasteiger partial charge in [0, 0.05) is 29.7 Å². The molecular weight excluding hydrogens is 326 g/mol. The van der Waals surface area contributed by atoms with E-state index in [1.54, 1.807) is 6.07 Å². The van der Waals surface area contributed by atoms with Crippen LogP contribution in [0.25, 0.3) is 0 Å². The van der Waals surface area contributed by atoms with E-state index in [1.807, 2.05) is 0 Å². The molecule has 8 heteroatoms. The Hall–Kier alpha value is -1.12. The average Bonchev–Trinajstić information content (AvgIpc) is 2.32. The van der Waals surface area contributed by atoms with Gasteiger partial charge in [0.25, 0.3) is 12.1 Å². The molecule has 1 N–H and O–H groups in total. The number of alkyl halides is 2. The van der Waals surface area contributed by atoms with Gasteiger partial charge in [0.2, 0.25) is 0 Å². The van der Waals surface area contributed by atoms with Crippen molar-refractivity contribution in [2.45, 2.75) is 13.0 Å². The number of hydrogen-bond acceptors (Lipinski definition) is 4. The summed E-state index contributed by atoms with van der Waals surface area (Å²) in [6, 6.07) is 4.62. The second-order valence-corrected chi connectivity index (χ2v) is 4.63. The topological polar surface area (TPSA) is 64.4 Å². The van der Waals surface area contributed by atoms with Crippen LogP contribution in [0.15, 0.2) is 22.7 Å². The van der Waals surface area contributed by atoms with Crippen molar-refractivity contribution in [2.24, 2.45) is 0 Å². The summed E-state index contributed by atoms with van der Waals surface area (Å²) in [5.41, 5.74) is 0.732. The van der Waals surface area contributed by atoms with Gasteiger partial charge in [-0.25, -0.2) is 8.78 Å². The fourth-order valence-electron chi connectivity index (χ4n) is 1.39. The molecule has 0 unspecified atom stereocenters. The van der Waals surface area contributed by atoms with Crippen LogP contribution >= 0.6 is 15.9 Å². The molecule has 106 valence electrons. The summed E-state index contributed by atoms with van der Waals surface area (Å²) in [5.74, 6) is 0. The lowest BCUT2D eigenvalue weighted by molar-refractivity contribution is -0.385. The molecule has 0 saturated heterocycles. The first kappa shape index (κ1) is 15.9. The van der Waals surface area contributed by atoms with Crippen molar-refractivity contribution in [3.63, 3.8) is 0 Å². The molecule has 0 aliphatic heterocycles. The van der Waals surface area contributed by atoms with Crippen LogP contribution in [0.5, 0.6) is 0 Å². The first-order chi connectivity index (χ1) is 8.99. The monoisotopic (exact) mass is 338 g/mol. The summed E-state index contributed by atoms with van der Waals surface area (Å²) < 4.78 is 28.8. The molecule has 0 fully saturated rings. The lowest BCUT2D eigenvalue weighted by Crippen LogP contribution is -2.20. The number of nitro groups is 1.